The van der Waals surface area contributed by atoms with E-state index in [2.05, 4.69) is 5.32 Å². The molecule has 1 saturated carbocycles. The van der Waals surface area contributed by atoms with Crippen LogP contribution in [0.25, 0.3) is 0 Å². The van der Waals surface area contributed by atoms with Crippen molar-refractivity contribution in [3.63, 3.8) is 0 Å². The smallest absolute Gasteiger partial charge is 0.287 e. The number of rotatable bonds is 4. The molecular weight excluding hydrogens is 262 g/mol. The van der Waals surface area contributed by atoms with Gasteiger partial charge in [0.05, 0.1) is 17.9 Å². The van der Waals surface area contributed by atoms with Gasteiger partial charge in [0.15, 0.2) is 5.76 Å². The predicted molar refractivity (Wildman–Crippen MR) is 76.3 cm³/mol. The predicted octanol–water partition coefficient (Wildman–Crippen LogP) is 2.57. The van der Waals surface area contributed by atoms with E-state index in [1.54, 1.807) is 17.8 Å². The number of carbonyl (C=O) groups is 1. The summed E-state index contributed by atoms with van der Waals surface area (Å²) in [5.41, 5.74) is 0. The molecule has 1 fully saturated rings. The summed E-state index contributed by atoms with van der Waals surface area (Å²) in [4.78, 5) is 12.1. The molecule has 0 saturated heterocycles. The number of amides is 1. The van der Waals surface area contributed by atoms with Gasteiger partial charge in [0, 0.05) is 0 Å². The molecule has 1 aromatic rings. The lowest BCUT2D eigenvalue weighted by Gasteiger charge is -2.21. The van der Waals surface area contributed by atoms with Gasteiger partial charge in [-0.25, -0.2) is 0 Å². The monoisotopic (exact) mass is 283 g/mol. The first-order chi connectivity index (χ1) is 9.20. The van der Waals surface area contributed by atoms with Gasteiger partial charge in [-0.15, -0.1) is 0 Å². The summed E-state index contributed by atoms with van der Waals surface area (Å²) in [5.74, 6) is 1.68. The van der Waals surface area contributed by atoms with Crippen LogP contribution in [0.5, 0.6) is 0 Å². The summed E-state index contributed by atoms with van der Waals surface area (Å²) in [5, 5.41) is 12.9. The molecule has 5 heteroatoms. The standard InChI is InChI=1S/C14H21NO3S/c1-19-9-10-7-8-13(18-10)14(17)15-11-5-3-2-4-6-12(11)16/h7-8,11-12,16H,2-6,9H2,1H3,(H,15,17). The second kappa shape index (κ2) is 7.01. The van der Waals surface area contributed by atoms with Gasteiger partial charge in [-0.1, -0.05) is 19.3 Å². The largest absolute Gasteiger partial charge is 0.455 e. The van der Waals surface area contributed by atoms with E-state index in [-0.39, 0.29) is 11.9 Å². The van der Waals surface area contributed by atoms with Crippen LogP contribution >= 0.6 is 11.8 Å². The Morgan fingerprint density at radius 2 is 2.21 bits per heavy atom. The number of hydrogen-bond donors (Lipinski definition) is 2. The lowest BCUT2D eigenvalue weighted by Crippen LogP contribution is -2.42. The topological polar surface area (TPSA) is 62.5 Å². The number of thioether (sulfide) groups is 1. The minimum atomic E-state index is -0.438. The first kappa shape index (κ1) is 14.5. The Hall–Kier alpha value is -0.940. The summed E-state index contributed by atoms with van der Waals surface area (Å²) < 4.78 is 5.48. The van der Waals surface area contributed by atoms with Crippen LogP contribution < -0.4 is 5.32 Å². The quantitative estimate of drug-likeness (QED) is 0.834. The maximum Gasteiger partial charge on any atom is 0.287 e. The molecule has 1 amide bonds. The van der Waals surface area contributed by atoms with E-state index in [1.807, 2.05) is 12.3 Å². The highest BCUT2D eigenvalue weighted by Crippen LogP contribution is 2.19. The fourth-order valence-corrected chi connectivity index (χ4v) is 2.86. The third-order valence-corrected chi connectivity index (χ3v) is 4.04. The SMILES string of the molecule is CSCc1ccc(C(=O)NC2CCCCCC2O)o1. The first-order valence-electron chi connectivity index (χ1n) is 6.77. The van der Waals surface area contributed by atoms with Crippen molar-refractivity contribution in [1.29, 1.82) is 0 Å². The first-order valence-corrected chi connectivity index (χ1v) is 8.16. The Morgan fingerprint density at radius 3 is 3.00 bits per heavy atom. The fraction of sp³-hybridized carbons (Fsp3) is 0.643. The number of furan rings is 1. The van der Waals surface area contributed by atoms with Gasteiger partial charge in [-0.2, -0.15) is 11.8 Å². The Morgan fingerprint density at radius 1 is 1.42 bits per heavy atom. The van der Waals surface area contributed by atoms with Gasteiger partial charge in [0.2, 0.25) is 0 Å². The minimum Gasteiger partial charge on any atom is -0.455 e. The van der Waals surface area contributed by atoms with Crippen LogP contribution in [0.1, 0.15) is 48.4 Å². The maximum absolute atomic E-state index is 12.1. The van der Waals surface area contributed by atoms with Crippen LogP contribution in [0, 0.1) is 0 Å². The molecule has 2 N–H and O–H groups in total. The number of aliphatic hydroxyl groups is 1. The van der Waals surface area contributed by atoms with Crippen LogP contribution in [0.3, 0.4) is 0 Å². The molecule has 2 atom stereocenters. The summed E-state index contributed by atoms with van der Waals surface area (Å²) in [6.07, 6.45) is 6.37. The van der Waals surface area contributed by atoms with E-state index >= 15 is 0 Å². The molecule has 0 spiro atoms. The van der Waals surface area contributed by atoms with Gasteiger partial charge in [0.1, 0.15) is 5.76 Å². The summed E-state index contributed by atoms with van der Waals surface area (Å²) >= 11 is 1.65. The van der Waals surface area contributed by atoms with Crippen molar-refractivity contribution in [1.82, 2.24) is 5.32 Å². The molecule has 1 aromatic heterocycles. The van der Waals surface area contributed by atoms with Crippen molar-refractivity contribution in [2.24, 2.45) is 0 Å². The van der Waals surface area contributed by atoms with E-state index in [9.17, 15) is 9.90 Å². The number of carbonyl (C=O) groups excluding carboxylic acids is 1. The molecule has 0 bridgehead atoms. The molecule has 106 valence electrons. The maximum atomic E-state index is 12.1. The molecular formula is C14H21NO3S. The highest BCUT2D eigenvalue weighted by Gasteiger charge is 2.24. The zero-order valence-electron chi connectivity index (χ0n) is 11.2. The molecule has 4 nitrogen and oxygen atoms in total. The van der Waals surface area contributed by atoms with Gasteiger partial charge < -0.3 is 14.8 Å². The van der Waals surface area contributed by atoms with E-state index in [1.165, 1.54) is 0 Å². The van der Waals surface area contributed by atoms with Crippen molar-refractivity contribution in [2.45, 2.75) is 50.0 Å². The van der Waals surface area contributed by atoms with Crippen molar-refractivity contribution in [3.05, 3.63) is 23.7 Å². The van der Waals surface area contributed by atoms with Crippen molar-refractivity contribution < 1.29 is 14.3 Å². The highest BCUT2D eigenvalue weighted by molar-refractivity contribution is 7.97. The number of hydrogen-bond acceptors (Lipinski definition) is 4. The average Bonchev–Trinajstić information content (AvgIpc) is 2.77. The van der Waals surface area contributed by atoms with Crippen LogP contribution in [-0.2, 0) is 5.75 Å². The van der Waals surface area contributed by atoms with Crippen molar-refractivity contribution in [2.75, 3.05) is 6.26 Å². The molecule has 0 aliphatic heterocycles. The van der Waals surface area contributed by atoms with Crippen molar-refractivity contribution >= 4 is 17.7 Å². The van der Waals surface area contributed by atoms with E-state index in [0.29, 0.717) is 5.76 Å². The lowest BCUT2D eigenvalue weighted by atomic mass is 10.1. The lowest BCUT2D eigenvalue weighted by molar-refractivity contribution is 0.0793. The summed E-state index contributed by atoms with van der Waals surface area (Å²) in [6.45, 7) is 0. The van der Waals surface area contributed by atoms with Crippen LogP contribution in [0.4, 0.5) is 0 Å². The Balaban J connectivity index is 1.94. The summed E-state index contributed by atoms with van der Waals surface area (Å²) in [6, 6.07) is 3.38. The van der Waals surface area contributed by atoms with Gasteiger partial charge in [0.25, 0.3) is 5.91 Å². The van der Waals surface area contributed by atoms with Gasteiger partial charge in [-0.05, 0) is 31.2 Å². The molecule has 1 heterocycles. The van der Waals surface area contributed by atoms with Crippen LogP contribution in [0.2, 0.25) is 0 Å². The normalized spacial score (nSPS) is 23.9. The Bertz CT molecular complexity index is 419. The van der Waals surface area contributed by atoms with E-state index in [0.717, 1.165) is 43.6 Å². The molecule has 0 radical (unpaired) electrons. The van der Waals surface area contributed by atoms with Crippen molar-refractivity contribution in [3.8, 4) is 0 Å². The minimum absolute atomic E-state index is 0.149. The van der Waals surface area contributed by atoms with Crippen LogP contribution in [0.15, 0.2) is 16.5 Å². The molecule has 2 rings (SSSR count). The Labute approximate surface area is 117 Å². The second-order valence-electron chi connectivity index (χ2n) is 4.98. The fourth-order valence-electron chi connectivity index (χ4n) is 2.42. The molecule has 2 unspecified atom stereocenters. The molecule has 1 aliphatic rings. The molecule has 0 aromatic carbocycles. The van der Waals surface area contributed by atoms with Gasteiger partial charge in [-0.3, -0.25) is 4.79 Å². The summed E-state index contributed by atoms with van der Waals surface area (Å²) in [7, 11) is 0. The highest BCUT2D eigenvalue weighted by atomic mass is 32.2. The second-order valence-corrected chi connectivity index (χ2v) is 5.85. The van der Waals surface area contributed by atoms with E-state index < -0.39 is 6.10 Å². The average molecular weight is 283 g/mol. The number of aliphatic hydroxyl groups excluding tert-OH is 1. The zero-order chi connectivity index (χ0) is 13.7. The Kier molecular flexibility index (Phi) is 5.34. The molecule has 1 aliphatic carbocycles. The molecule has 19 heavy (non-hydrogen) atoms. The van der Waals surface area contributed by atoms with E-state index in [4.69, 9.17) is 4.42 Å². The third-order valence-electron chi connectivity index (χ3n) is 3.47. The number of nitrogens with one attached hydrogen (secondary N) is 1. The zero-order valence-corrected chi connectivity index (χ0v) is 12.0. The van der Waals surface area contributed by atoms with Gasteiger partial charge >= 0.3 is 0 Å². The van der Waals surface area contributed by atoms with Crippen LogP contribution in [-0.4, -0.2) is 29.4 Å². The third kappa shape index (κ3) is 4.01.